The van der Waals surface area contributed by atoms with Crippen LogP contribution in [0.3, 0.4) is 0 Å². The van der Waals surface area contributed by atoms with Crippen LogP contribution in [0.25, 0.3) is 0 Å². The molecule has 3 fully saturated rings. The molecule has 4 aliphatic rings. The molecule has 1 saturated carbocycles. The van der Waals surface area contributed by atoms with Crippen molar-refractivity contribution >= 4 is 0 Å². The molecule has 0 aromatic rings. The molecule has 0 N–H and O–H groups in total. The van der Waals surface area contributed by atoms with Crippen LogP contribution in [-0.2, 0) is 0 Å². The van der Waals surface area contributed by atoms with E-state index in [-0.39, 0.29) is 0 Å². The molecule has 4 rings (SSSR count). The van der Waals surface area contributed by atoms with Crippen LogP contribution in [0.1, 0.15) is 44.9 Å². The number of likely N-dealkylation sites (tertiary alicyclic amines) is 2. The van der Waals surface area contributed by atoms with Gasteiger partial charge in [-0.3, -0.25) is 0 Å². The van der Waals surface area contributed by atoms with Crippen molar-refractivity contribution in [3.63, 3.8) is 0 Å². The number of nitrogens with zero attached hydrogens (tertiary/aromatic N) is 2. The van der Waals surface area contributed by atoms with Crippen LogP contribution < -0.4 is 0 Å². The van der Waals surface area contributed by atoms with E-state index in [9.17, 15) is 0 Å². The highest BCUT2D eigenvalue weighted by Crippen LogP contribution is 2.43. The van der Waals surface area contributed by atoms with Crippen LogP contribution in [-0.4, -0.2) is 48.6 Å². The van der Waals surface area contributed by atoms with Gasteiger partial charge < -0.3 is 9.80 Å². The summed E-state index contributed by atoms with van der Waals surface area (Å²) in [4.78, 5) is 5.57. The summed E-state index contributed by atoms with van der Waals surface area (Å²) < 4.78 is 0. The minimum Gasteiger partial charge on any atom is -0.303 e. The van der Waals surface area contributed by atoms with Crippen molar-refractivity contribution in [2.45, 2.75) is 51.0 Å². The van der Waals surface area contributed by atoms with Gasteiger partial charge in [0, 0.05) is 12.6 Å². The molecule has 2 nitrogen and oxygen atoms in total. The van der Waals surface area contributed by atoms with Crippen molar-refractivity contribution in [1.29, 1.82) is 0 Å². The zero-order chi connectivity index (χ0) is 13.4. The van der Waals surface area contributed by atoms with Crippen LogP contribution in [0, 0.1) is 17.8 Å². The van der Waals surface area contributed by atoms with E-state index in [0.29, 0.717) is 0 Å². The lowest BCUT2D eigenvalue weighted by atomic mass is 9.92. The summed E-state index contributed by atoms with van der Waals surface area (Å²) in [5.74, 6) is 2.85. The van der Waals surface area contributed by atoms with Gasteiger partial charge in [-0.15, -0.1) is 0 Å². The third-order valence-corrected chi connectivity index (χ3v) is 6.37. The number of fused-ring (bicyclic) bond motifs is 2. The van der Waals surface area contributed by atoms with Crippen LogP contribution >= 0.6 is 0 Å². The van der Waals surface area contributed by atoms with Gasteiger partial charge in [-0.25, -0.2) is 0 Å². The van der Waals surface area contributed by atoms with E-state index < -0.39 is 0 Å². The van der Waals surface area contributed by atoms with Crippen molar-refractivity contribution in [1.82, 2.24) is 9.80 Å². The minimum absolute atomic E-state index is 0.909. The summed E-state index contributed by atoms with van der Waals surface area (Å²) in [5, 5.41) is 0. The molecule has 0 unspecified atom stereocenters. The molecule has 2 bridgehead atoms. The normalized spacial score (nSPS) is 39.7. The summed E-state index contributed by atoms with van der Waals surface area (Å²) >= 11 is 0. The van der Waals surface area contributed by atoms with Crippen LogP contribution in [0.5, 0.6) is 0 Å². The van der Waals surface area contributed by atoms with Crippen LogP contribution in [0.2, 0.25) is 0 Å². The van der Waals surface area contributed by atoms with E-state index in [2.05, 4.69) is 22.0 Å². The second kappa shape index (κ2) is 5.81. The number of rotatable bonds is 3. The predicted molar refractivity (Wildman–Crippen MR) is 83.7 cm³/mol. The molecule has 0 aromatic carbocycles. The Morgan fingerprint density at radius 1 is 0.850 bits per heavy atom. The maximum atomic E-state index is 2.79. The molecule has 20 heavy (non-hydrogen) atoms. The average Bonchev–Trinajstić information content (AvgIpc) is 3.12. The van der Waals surface area contributed by atoms with E-state index in [4.69, 9.17) is 0 Å². The number of hydrogen-bond donors (Lipinski definition) is 0. The Hall–Kier alpha value is -0.340. The molecule has 3 atom stereocenters. The Morgan fingerprint density at radius 2 is 1.65 bits per heavy atom. The predicted octanol–water partition coefficient (Wildman–Crippen LogP) is 3.15. The SMILES string of the molecule is C1=C[C@H]2C[C@@H]1C[C@@H]2CN1CCC(N2CCCCC2)CC1. The van der Waals surface area contributed by atoms with Gasteiger partial charge in [-0.1, -0.05) is 18.6 Å². The van der Waals surface area contributed by atoms with Crippen molar-refractivity contribution in [3.05, 3.63) is 12.2 Å². The topological polar surface area (TPSA) is 6.48 Å². The Morgan fingerprint density at radius 3 is 2.30 bits per heavy atom. The van der Waals surface area contributed by atoms with E-state index in [1.807, 2.05) is 0 Å². The highest BCUT2D eigenvalue weighted by molar-refractivity contribution is 5.10. The van der Waals surface area contributed by atoms with Gasteiger partial charge in [0.05, 0.1) is 0 Å². The second-order valence-corrected chi connectivity index (χ2v) is 7.67. The molecule has 2 aliphatic heterocycles. The molecule has 0 spiro atoms. The highest BCUT2D eigenvalue weighted by Gasteiger charge is 2.37. The Bertz CT molecular complexity index is 350. The molecule has 0 radical (unpaired) electrons. The van der Waals surface area contributed by atoms with Gasteiger partial charge >= 0.3 is 0 Å². The maximum Gasteiger partial charge on any atom is 0.0120 e. The first-order valence-corrected chi connectivity index (χ1v) is 9.03. The first kappa shape index (κ1) is 13.3. The lowest BCUT2D eigenvalue weighted by molar-refractivity contribution is 0.0830. The maximum absolute atomic E-state index is 2.79. The third kappa shape index (κ3) is 2.69. The summed E-state index contributed by atoms with van der Waals surface area (Å²) in [7, 11) is 0. The highest BCUT2D eigenvalue weighted by atomic mass is 15.2. The second-order valence-electron chi connectivity index (χ2n) is 7.67. The molecule has 2 heterocycles. The molecular formula is C18H30N2. The van der Waals surface area contributed by atoms with Crippen LogP contribution in [0.4, 0.5) is 0 Å². The zero-order valence-electron chi connectivity index (χ0n) is 12.8. The summed E-state index contributed by atoms with van der Waals surface area (Å²) in [5.41, 5.74) is 0. The van der Waals surface area contributed by atoms with Crippen molar-refractivity contribution in [2.75, 3.05) is 32.7 Å². The zero-order valence-corrected chi connectivity index (χ0v) is 12.8. The molecule has 112 valence electrons. The molecule has 2 saturated heterocycles. The number of allylic oxidation sites excluding steroid dienone is 2. The average molecular weight is 274 g/mol. The molecule has 0 aromatic heterocycles. The van der Waals surface area contributed by atoms with Crippen molar-refractivity contribution < 1.29 is 0 Å². The fourth-order valence-electron chi connectivity index (χ4n) is 5.19. The molecule has 2 aliphatic carbocycles. The van der Waals surface area contributed by atoms with Crippen LogP contribution in [0.15, 0.2) is 12.2 Å². The fraction of sp³-hybridized carbons (Fsp3) is 0.889. The lowest BCUT2D eigenvalue weighted by Gasteiger charge is -2.41. The Kier molecular flexibility index (Phi) is 3.87. The molecular weight excluding hydrogens is 244 g/mol. The first-order chi connectivity index (χ1) is 9.88. The van der Waals surface area contributed by atoms with Gasteiger partial charge in [0.15, 0.2) is 0 Å². The van der Waals surface area contributed by atoms with Crippen molar-refractivity contribution in [2.24, 2.45) is 17.8 Å². The number of hydrogen-bond acceptors (Lipinski definition) is 2. The fourth-order valence-corrected chi connectivity index (χ4v) is 5.19. The number of piperidine rings is 2. The summed E-state index contributed by atoms with van der Waals surface area (Å²) in [6.45, 7) is 6.86. The largest absolute Gasteiger partial charge is 0.303 e. The lowest BCUT2D eigenvalue weighted by Crippen LogP contribution is -2.47. The monoisotopic (exact) mass is 274 g/mol. The van der Waals surface area contributed by atoms with E-state index >= 15 is 0 Å². The van der Waals surface area contributed by atoms with Crippen molar-refractivity contribution in [3.8, 4) is 0 Å². The molecule has 2 heteroatoms. The van der Waals surface area contributed by atoms with E-state index in [0.717, 1.165) is 23.8 Å². The van der Waals surface area contributed by atoms with Gasteiger partial charge in [0.2, 0.25) is 0 Å². The summed E-state index contributed by atoms with van der Waals surface area (Å²) in [6, 6.07) is 0.909. The first-order valence-electron chi connectivity index (χ1n) is 9.03. The third-order valence-electron chi connectivity index (χ3n) is 6.37. The molecule has 0 amide bonds. The Labute approximate surface area is 124 Å². The van der Waals surface area contributed by atoms with Gasteiger partial charge in [0.25, 0.3) is 0 Å². The van der Waals surface area contributed by atoms with Gasteiger partial charge in [-0.2, -0.15) is 0 Å². The quantitative estimate of drug-likeness (QED) is 0.730. The minimum atomic E-state index is 0.909. The van der Waals surface area contributed by atoms with E-state index in [1.54, 1.807) is 0 Å². The van der Waals surface area contributed by atoms with Gasteiger partial charge in [0.1, 0.15) is 0 Å². The smallest absolute Gasteiger partial charge is 0.0120 e. The van der Waals surface area contributed by atoms with E-state index in [1.165, 1.54) is 77.7 Å². The van der Waals surface area contributed by atoms with Gasteiger partial charge in [-0.05, 0) is 82.5 Å². The standard InChI is InChI=1S/C18H30N2/c1-2-8-20(9-3-1)18-6-10-19(11-7-18)14-17-13-15-4-5-16(17)12-15/h4-5,15-18H,1-3,6-14H2/t15-,16+,17-/m1/s1. The Balaban J connectivity index is 1.24. The summed E-state index contributed by atoms with van der Waals surface area (Å²) in [6.07, 6.45) is 15.1.